The van der Waals surface area contributed by atoms with E-state index in [1.165, 1.54) is 10.5 Å². The Morgan fingerprint density at radius 1 is 1.11 bits per heavy atom. The van der Waals surface area contributed by atoms with Crippen molar-refractivity contribution in [2.24, 2.45) is 0 Å². The molecule has 1 atom stereocenters. The number of fused-ring (bicyclic) bond motifs is 2. The number of ether oxygens (including phenoxy) is 1. The quantitative estimate of drug-likeness (QED) is 0.377. The maximum absolute atomic E-state index is 12.9. The van der Waals surface area contributed by atoms with Gasteiger partial charge in [-0.15, -0.1) is 0 Å². The highest BCUT2D eigenvalue weighted by molar-refractivity contribution is 6.31. The molecule has 0 saturated heterocycles. The lowest BCUT2D eigenvalue weighted by Crippen LogP contribution is -2.48. The van der Waals surface area contributed by atoms with E-state index >= 15 is 0 Å². The fraction of sp³-hybridized carbons (Fsp3) is 0.222. The zero-order valence-electron chi connectivity index (χ0n) is 19.3. The highest BCUT2D eigenvalue weighted by atomic mass is 35.5. The van der Waals surface area contributed by atoms with Crippen molar-refractivity contribution in [3.8, 4) is 5.75 Å². The molecular weight excluding hydrogens is 464 g/mol. The first-order chi connectivity index (χ1) is 17.0. The van der Waals surface area contributed by atoms with Crippen molar-refractivity contribution in [1.82, 2.24) is 9.97 Å². The molecule has 0 radical (unpaired) electrons. The van der Waals surface area contributed by atoms with E-state index in [0.717, 1.165) is 29.7 Å². The van der Waals surface area contributed by atoms with Crippen molar-refractivity contribution >= 4 is 45.8 Å². The smallest absolute Gasteiger partial charge is 0.268 e. The summed E-state index contributed by atoms with van der Waals surface area (Å²) < 4.78 is 5.78. The fourth-order valence-electron chi connectivity index (χ4n) is 4.23. The fourth-order valence-corrected chi connectivity index (χ4v) is 4.39. The molecule has 7 nitrogen and oxygen atoms in total. The van der Waals surface area contributed by atoms with Gasteiger partial charge in [0.15, 0.2) is 6.10 Å². The average Bonchev–Trinajstić information content (AvgIpc) is 3.27. The van der Waals surface area contributed by atoms with Crippen molar-refractivity contribution < 1.29 is 14.3 Å². The number of aromatic amines is 1. The standard InChI is InChI=1S/C27H25ClN4O3/c1-2-23-27(34)32(22-14-18(28)9-12-24(22)35-23)16-26(33)29-19-10-11-20-21(15-19)31-25(30-20)13-8-17-6-4-3-5-7-17/h3-7,9-12,14-15,23H,2,8,13,16H2,1H3,(H,29,33)(H,30,31)/t23-/m0/s1. The van der Waals surface area contributed by atoms with Crippen molar-refractivity contribution in [3.63, 3.8) is 0 Å². The lowest BCUT2D eigenvalue weighted by atomic mass is 10.1. The van der Waals surface area contributed by atoms with Crippen LogP contribution in [0.2, 0.25) is 5.02 Å². The second-order valence-corrected chi connectivity index (χ2v) is 8.94. The number of carbonyl (C=O) groups excluding carboxylic acids is 2. The van der Waals surface area contributed by atoms with Crippen molar-refractivity contribution in [1.29, 1.82) is 0 Å². The number of carbonyl (C=O) groups is 2. The van der Waals surface area contributed by atoms with Gasteiger partial charge in [-0.05, 0) is 54.8 Å². The summed E-state index contributed by atoms with van der Waals surface area (Å²) in [4.78, 5) is 35.3. The number of amides is 2. The summed E-state index contributed by atoms with van der Waals surface area (Å²) >= 11 is 6.14. The Bertz CT molecular complexity index is 1390. The van der Waals surface area contributed by atoms with Gasteiger partial charge >= 0.3 is 0 Å². The summed E-state index contributed by atoms with van der Waals surface area (Å²) in [7, 11) is 0. The molecule has 2 N–H and O–H groups in total. The molecule has 2 amide bonds. The molecule has 178 valence electrons. The molecule has 3 aromatic carbocycles. The van der Waals surface area contributed by atoms with E-state index in [4.69, 9.17) is 16.3 Å². The van der Waals surface area contributed by atoms with Crippen LogP contribution < -0.4 is 15.0 Å². The molecule has 4 aromatic rings. The minimum absolute atomic E-state index is 0.143. The first-order valence-corrected chi connectivity index (χ1v) is 12.0. The Kier molecular flexibility index (Phi) is 6.42. The number of benzene rings is 3. The van der Waals surface area contributed by atoms with E-state index in [1.54, 1.807) is 18.2 Å². The van der Waals surface area contributed by atoms with Crippen molar-refractivity contribution in [3.05, 3.63) is 83.1 Å². The molecule has 8 heteroatoms. The molecular formula is C27H25ClN4O3. The SMILES string of the molecule is CC[C@@H]1Oc2ccc(Cl)cc2N(CC(=O)Nc2ccc3nc(CCc4ccccc4)[nH]c3c2)C1=O. The third-order valence-electron chi connectivity index (χ3n) is 6.00. The van der Waals surface area contributed by atoms with Crippen LogP contribution in [0.25, 0.3) is 11.0 Å². The van der Waals surface area contributed by atoms with E-state index in [1.807, 2.05) is 43.3 Å². The molecule has 2 heterocycles. The van der Waals surface area contributed by atoms with Crippen LogP contribution in [0.1, 0.15) is 24.7 Å². The van der Waals surface area contributed by atoms with Crippen LogP contribution in [-0.4, -0.2) is 34.4 Å². The number of nitrogens with zero attached hydrogens (tertiary/aromatic N) is 2. The summed E-state index contributed by atoms with van der Waals surface area (Å²) in [5, 5.41) is 3.36. The number of hydrogen-bond acceptors (Lipinski definition) is 4. The Morgan fingerprint density at radius 3 is 2.74 bits per heavy atom. The molecule has 35 heavy (non-hydrogen) atoms. The molecule has 0 fully saturated rings. The van der Waals surface area contributed by atoms with Crippen LogP contribution in [0.5, 0.6) is 5.75 Å². The highest BCUT2D eigenvalue weighted by Gasteiger charge is 2.34. The maximum atomic E-state index is 12.9. The summed E-state index contributed by atoms with van der Waals surface area (Å²) in [5.74, 6) is 0.856. The number of H-pyrrole nitrogens is 1. The van der Waals surface area contributed by atoms with Gasteiger partial charge in [-0.1, -0.05) is 48.9 Å². The van der Waals surface area contributed by atoms with Gasteiger partial charge in [0.25, 0.3) is 5.91 Å². The molecule has 0 unspecified atom stereocenters. The summed E-state index contributed by atoms with van der Waals surface area (Å²) in [6.45, 7) is 1.73. The number of rotatable bonds is 7. The minimum atomic E-state index is -0.632. The van der Waals surface area contributed by atoms with Crippen LogP contribution in [0.4, 0.5) is 11.4 Å². The Balaban J connectivity index is 1.29. The van der Waals surface area contributed by atoms with E-state index in [0.29, 0.717) is 28.6 Å². The van der Waals surface area contributed by atoms with Crippen LogP contribution in [0.15, 0.2) is 66.7 Å². The summed E-state index contributed by atoms with van der Waals surface area (Å²) in [6.07, 6.45) is 1.55. The number of imidazole rings is 1. The van der Waals surface area contributed by atoms with Gasteiger partial charge in [0.2, 0.25) is 5.91 Å². The number of hydrogen-bond donors (Lipinski definition) is 2. The van der Waals surface area contributed by atoms with Gasteiger partial charge in [-0.3, -0.25) is 14.5 Å². The first-order valence-electron chi connectivity index (χ1n) is 11.6. The molecule has 1 aliphatic rings. The minimum Gasteiger partial charge on any atom is -0.478 e. The molecule has 0 saturated carbocycles. The van der Waals surface area contributed by atoms with Crippen molar-refractivity contribution in [2.45, 2.75) is 32.3 Å². The van der Waals surface area contributed by atoms with Crippen LogP contribution >= 0.6 is 11.6 Å². The molecule has 0 spiro atoms. The van der Waals surface area contributed by atoms with Crippen LogP contribution in [0.3, 0.4) is 0 Å². The summed E-state index contributed by atoms with van der Waals surface area (Å²) in [6, 6.07) is 20.9. The normalized spacial score (nSPS) is 15.1. The largest absolute Gasteiger partial charge is 0.478 e. The van der Waals surface area contributed by atoms with Gasteiger partial charge in [0.1, 0.15) is 18.1 Å². The Morgan fingerprint density at radius 2 is 1.94 bits per heavy atom. The third kappa shape index (κ3) is 5.00. The molecule has 0 aliphatic carbocycles. The zero-order chi connectivity index (χ0) is 24.4. The molecule has 1 aromatic heterocycles. The van der Waals surface area contributed by atoms with E-state index in [2.05, 4.69) is 27.4 Å². The van der Waals surface area contributed by atoms with E-state index in [-0.39, 0.29) is 18.4 Å². The Hall–Kier alpha value is -3.84. The van der Waals surface area contributed by atoms with Crippen molar-refractivity contribution in [2.75, 3.05) is 16.8 Å². The first kappa shape index (κ1) is 22.9. The van der Waals surface area contributed by atoms with Gasteiger partial charge in [0.05, 0.1) is 16.7 Å². The average molecular weight is 489 g/mol. The van der Waals surface area contributed by atoms with E-state index in [9.17, 15) is 9.59 Å². The maximum Gasteiger partial charge on any atom is 0.268 e. The van der Waals surface area contributed by atoms with Gasteiger partial charge in [0, 0.05) is 17.1 Å². The predicted octanol–water partition coefficient (Wildman–Crippen LogP) is 5.14. The Labute approximate surface area is 208 Å². The third-order valence-corrected chi connectivity index (χ3v) is 6.24. The summed E-state index contributed by atoms with van der Waals surface area (Å²) in [5.41, 5.74) is 4.06. The second-order valence-electron chi connectivity index (χ2n) is 8.50. The predicted molar refractivity (Wildman–Crippen MR) is 137 cm³/mol. The monoisotopic (exact) mass is 488 g/mol. The number of aryl methyl sites for hydroxylation is 2. The molecule has 0 bridgehead atoms. The topological polar surface area (TPSA) is 87.3 Å². The second kappa shape index (κ2) is 9.80. The molecule has 5 rings (SSSR count). The van der Waals surface area contributed by atoms with Gasteiger partial charge in [-0.25, -0.2) is 4.98 Å². The van der Waals surface area contributed by atoms with E-state index < -0.39 is 6.10 Å². The molecule has 1 aliphatic heterocycles. The number of anilines is 2. The number of nitrogens with one attached hydrogen (secondary N) is 2. The van der Waals surface area contributed by atoms with Gasteiger partial charge in [-0.2, -0.15) is 0 Å². The zero-order valence-corrected chi connectivity index (χ0v) is 20.0. The lowest BCUT2D eigenvalue weighted by Gasteiger charge is -2.33. The number of halogens is 1. The van der Waals surface area contributed by atoms with Gasteiger partial charge < -0.3 is 15.0 Å². The number of aromatic nitrogens is 2. The van der Waals surface area contributed by atoms with Crippen LogP contribution in [-0.2, 0) is 22.4 Å². The van der Waals surface area contributed by atoms with Crippen LogP contribution in [0, 0.1) is 0 Å². The lowest BCUT2D eigenvalue weighted by molar-refractivity contribution is -0.128. The highest BCUT2D eigenvalue weighted by Crippen LogP contribution is 2.36.